The number of carboxylic acid groups (broad SMARTS) is 1. The highest BCUT2D eigenvalue weighted by atomic mass is 16.4. The Kier molecular flexibility index (Phi) is 4.46. The third kappa shape index (κ3) is 3.98. The average molecular weight is 265 g/mol. The van der Waals surface area contributed by atoms with Crippen molar-refractivity contribution in [3.05, 3.63) is 29.3 Å². The van der Waals surface area contributed by atoms with Crippen LogP contribution in [0.5, 0.6) is 0 Å². The molecule has 0 aliphatic carbocycles. The molecule has 19 heavy (non-hydrogen) atoms. The molecule has 0 aliphatic rings. The van der Waals surface area contributed by atoms with E-state index in [0.29, 0.717) is 11.3 Å². The van der Waals surface area contributed by atoms with E-state index in [1.807, 2.05) is 0 Å². The van der Waals surface area contributed by atoms with Crippen LogP contribution in [0, 0.1) is 6.92 Å². The number of nitrogens with one attached hydrogen (secondary N) is 1. The predicted octanol–water partition coefficient (Wildman–Crippen LogP) is -0.364. The molecule has 2 amide bonds. The van der Waals surface area contributed by atoms with Gasteiger partial charge in [-0.2, -0.15) is 0 Å². The van der Waals surface area contributed by atoms with Crippen molar-refractivity contribution in [2.24, 2.45) is 5.73 Å². The molecule has 1 atom stereocenters. The van der Waals surface area contributed by atoms with Crippen LogP contribution >= 0.6 is 0 Å². The Labute approximate surface area is 109 Å². The summed E-state index contributed by atoms with van der Waals surface area (Å²) in [6.45, 7) is 1.73. The van der Waals surface area contributed by atoms with Gasteiger partial charge in [0.25, 0.3) is 5.91 Å². The molecule has 0 saturated heterocycles. The molecule has 7 nitrogen and oxygen atoms in total. The van der Waals surface area contributed by atoms with Crippen LogP contribution in [-0.4, -0.2) is 28.9 Å². The summed E-state index contributed by atoms with van der Waals surface area (Å²) in [4.78, 5) is 33.4. The molecular formula is C12H15N3O4. The van der Waals surface area contributed by atoms with Gasteiger partial charge in [0.1, 0.15) is 6.04 Å². The Morgan fingerprint density at radius 3 is 2.47 bits per heavy atom. The number of nitrogens with two attached hydrogens (primary N) is 2. The zero-order chi connectivity index (χ0) is 14.6. The van der Waals surface area contributed by atoms with E-state index in [1.165, 1.54) is 12.1 Å². The van der Waals surface area contributed by atoms with Gasteiger partial charge in [0, 0.05) is 11.3 Å². The van der Waals surface area contributed by atoms with E-state index in [9.17, 15) is 14.4 Å². The van der Waals surface area contributed by atoms with Gasteiger partial charge in [-0.3, -0.25) is 9.59 Å². The second kappa shape index (κ2) is 5.85. The van der Waals surface area contributed by atoms with Crippen molar-refractivity contribution < 1.29 is 19.5 Å². The van der Waals surface area contributed by atoms with Crippen LogP contribution in [0.2, 0.25) is 0 Å². The molecule has 0 heterocycles. The number of primary amides is 1. The van der Waals surface area contributed by atoms with Gasteiger partial charge in [0.15, 0.2) is 0 Å². The van der Waals surface area contributed by atoms with Crippen molar-refractivity contribution in [2.45, 2.75) is 19.4 Å². The first-order valence-corrected chi connectivity index (χ1v) is 5.49. The summed E-state index contributed by atoms with van der Waals surface area (Å²) in [7, 11) is 0. The van der Waals surface area contributed by atoms with E-state index < -0.39 is 30.2 Å². The number of amides is 2. The summed E-state index contributed by atoms with van der Waals surface area (Å²) in [6.07, 6.45) is -0.463. The smallest absolute Gasteiger partial charge is 0.326 e. The van der Waals surface area contributed by atoms with Crippen molar-refractivity contribution in [1.29, 1.82) is 0 Å². The summed E-state index contributed by atoms with van der Waals surface area (Å²) in [5.41, 5.74) is 12.0. The molecule has 1 aromatic carbocycles. The number of nitrogen functional groups attached to an aromatic ring is 1. The van der Waals surface area contributed by atoms with E-state index in [4.69, 9.17) is 16.6 Å². The van der Waals surface area contributed by atoms with Gasteiger partial charge >= 0.3 is 5.97 Å². The fourth-order valence-electron chi connectivity index (χ4n) is 1.46. The van der Waals surface area contributed by atoms with Gasteiger partial charge in [0.2, 0.25) is 5.91 Å². The summed E-state index contributed by atoms with van der Waals surface area (Å²) < 4.78 is 0. The van der Waals surface area contributed by atoms with E-state index in [-0.39, 0.29) is 5.56 Å². The first-order chi connectivity index (χ1) is 8.81. The maximum Gasteiger partial charge on any atom is 0.326 e. The predicted molar refractivity (Wildman–Crippen MR) is 68.3 cm³/mol. The third-order valence-electron chi connectivity index (χ3n) is 2.54. The number of carbonyl (C=O) groups excluding carboxylic acids is 2. The Bertz CT molecular complexity index is 528. The van der Waals surface area contributed by atoms with Gasteiger partial charge in [-0.05, 0) is 30.7 Å². The molecule has 0 spiro atoms. The van der Waals surface area contributed by atoms with Crippen LogP contribution in [0.1, 0.15) is 22.3 Å². The van der Waals surface area contributed by atoms with Crippen LogP contribution in [0.3, 0.4) is 0 Å². The standard InChI is InChI=1S/C12H15N3O4/c1-6-4-7(2-3-8(6)13)11(17)15-9(12(18)19)5-10(14)16/h2-4,9H,5,13H2,1H3,(H2,14,16)(H,15,17)(H,18,19)/t9-/m1/s1. The number of hydrogen-bond donors (Lipinski definition) is 4. The summed E-state index contributed by atoms with van der Waals surface area (Å²) >= 11 is 0. The second-order valence-corrected chi connectivity index (χ2v) is 4.11. The number of carbonyl (C=O) groups is 3. The molecule has 0 aromatic heterocycles. The minimum absolute atomic E-state index is 0.266. The van der Waals surface area contributed by atoms with Gasteiger partial charge in [-0.25, -0.2) is 4.79 Å². The number of carboxylic acids is 1. The highest BCUT2D eigenvalue weighted by molar-refractivity contribution is 5.98. The van der Waals surface area contributed by atoms with Gasteiger partial charge in [0.05, 0.1) is 6.42 Å². The maximum absolute atomic E-state index is 11.8. The number of aliphatic carboxylic acids is 1. The monoisotopic (exact) mass is 265 g/mol. The van der Waals surface area contributed by atoms with Crippen LogP contribution in [0.4, 0.5) is 5.69 Å². The number of benzene rings is 1. The topological polar surface area (TPSA) is 136 Å². The van der Waals surface area contributed by atoms with Gasteiger partial charge < -0.3 is 21.9 Å². The van der Waals surface area contributed by atoms with E-state index in [1.54, 1.807) is 13.0 Å². The third-order valence-corrected chi connectivity index (χ3v) is 2.54. The normalized spacial score (nSPS) is 11.6. The van der Waals surface area contributed by atoms with Crippen LogP contribution in [0.15, 0.2) is 18.2 Å². The molecule has 0 unspecified atom stereocenters. The van der Waals surface area contributed by atoms with E-state index >= 15 is 0 Å². The molecule has 1 aromatic rings. The van der Waals surface area contributed by atoms with Gasteiger partial charge in [-0.1, -0.05) is 0 Å². The fraction of sp³-hybridized carbons (Fsp3) is 0.250. The summed E-state index contributed by atoms with van der Waals surface area (Å²) in [5.74, 6) is -2.72. The lowest BCUT2D eigenvalue weighted by atomic mass is 10.1. The first kappa shape index (κ1) is 14.5. The van der Waals surface area contributed by atoms with Crippen molar-refractivity contribution in [1.82, 2.24) is 5.32 Å². The largest absolute Gasteiger partial charge is 0.480 e. The molecule has 7 heteroatoms. The molecule has 0 saturated carbocycles. The minimum atomic E-state index is -1.34. The quantitative estimate of drug-likeness (QED) is 0.539. The number of aryl methyl sites for hydroxylation is 1. The zero-order valence-electron chi connectivity index (χ0n) is 10.3. The molecule has 0 aliphatic heterocycles. The first-order valence-electron chi connectivity index (χ1n) is 5.49. The zero-order valence-corrected chi connectivity index (χ0v) is 10.3. The lowest BCUT2D eigenvalue weighted by Crippen LogP contribution is -2.43. The Balaban J connectivity index is 2.84. The fourth-order valence-corrected chi connectivity index (χ4v) is 1.46. The Morgan fingerprint density at radius 1 is 1.37 bits per heavy atom. The van der Waals surface area contributed by atoms with Crippen LogP contribution < -0.4 is 16.8 Å². The highest BCUT2D eigenvalue weighted by Gasteiger charge is 2.22. The van der Waals surface area contributed by atoms with Gasteiger partial charge in [-0.15, -0.1) is 0 Å². The molecule has 0 fully saturated rings. The van der Waals surface area contributed by atoms with Crippen molar-refractivity contribution in [3.63, 3.8) is 0 Å². The minimum Gasteiger partial charge on any atom is -0.480 e. The second-order valence-electron chi connectivity index (χ2n) is 4.11. The highest BCUT2D eigenvalue weighted by Crippen LogP contribution is 2.12. The maximum atomic E-state index is 11.8. The summed E-state index contributed by atoms with van der Waals surface area (Å²) in [5, 5.41) is 11.1. The van der Waals surface area contributed by atoms with Crippen molar-refractivity contribution >= 4 is 23.5 Å². The molecule has 0 bridgehead atoms. The molecular weight excluding hydrogens is 250 g/mol. The van der Waals surface area contributed by atoms with Crippen LogP contribution in [0.25, 0.3) is 0 Å². The van der Waals surface area contributed by atoms with Crippen LogP contribution in [-0.2, 0) is 9.59 Å². The molecule has 6 N–H and O–H groups in total. The van der Waals surface area contributed by atoms with E-state index in [0.717, 1.165) is 0 Å². The molecule has 1 rings (SSSR count). The average Bonchev–Trinajstić information content (AvgIpc) is 2.31. The Morgan fingerprint density at radius 2 is 2.00 bits per heavy atom. The molecule has 0 radical (unpaired) electrons. The van der Waals surface area contributed by atoms with Crippen molar-refractivity contribution in [2.75, 3.05) is 5.73 Å². The lowest BCUT2D eigenvalue weighted by Gasteiger charge is -2.13. The number of hydrogen-bond acceptors (Lipinski definition) is 4. The van der Waals surface area contributed by atoms with E-state index in [2.05, 4.69) is 5.32 Å². The summed E-state index contributed by atoms with van der Waals surface area (Å²) in [6, 6.07) is 3.21. The SMILES string of the molecule is Cc1cc(C(=O)N[C@H](CC(N)=O)C(=O)O)ccc1N. The van der Waals surface area contributed by atoms with Crippen molar-refractivity contribution in [3.8, 4) is 0 Å². The number of rotatable bonds is 5. The molecule has 102 valence electrons. The Hall–Kier alpha value is -2.57. The number of anilines is 1. The lowest BCUT2D eigenvalue weighted by molar-refractivity contribution is -0.140.